The van der Waals surface area contributed by atoms with Crippen LogP contribution in [-0.4, -0.2) is 16.3 Å². The van der Waals surface area contributed by atoms with Crippen LogP contribution in [0.2, 0.25) is 0 Å². The molecule has 3 nitrogen and oxygen atoms in total. The van der Waals surface area contributed by atoms with E-state index in [0.29, 0.717) is 11.8 Å². The molecule has 1 aliphatic rings. The topological polar surface area (TPSA) is 43.8 Å². The summed E-state index contributed by atoms with van der Waals surface area (Å²) >= 11 is 0. The number of hydrogen-bond donors (Lipinski definition) is 1. The van der Waals surface area contributed by atoms with E-state index in [1.54, 1.807) is 0 Å². The summed E-state index contributed by atoms with van der Waals surface area (Å²) in [6.45, 7) is 3.94. The van der Waals surface area contributed by atoms with Gasteiger partial charge in [-0.1, -0.05) is 19.3 Å². The van der Waals surface area contributed by atoms with Crippen LogP contribution in [0, 0.1) is 5.92 Å². The molecule has 0 aliphatic heterocycles. The normalized spacial score (nSPS) is 26.6. The lowest BCUT2D eigenvalue weighted by atomic mass is 9.85. The van der Waals surface area contributed by atoms with Crippen molar-refractivity contribution in [3.63, 3.8) is 0 Å². The van der Waals surface area contributed by atoms with Crippen LogP contribution in [0.25, 0.3) is 0 Å². The smallest absolute Gasteiger partial charge is 0.0492 e. The Morgan fingerprint density at radius 2 is 2.19 bits per heavy atom. The fourth-order valence-corrected chi connectivity index (χ4v) is 2.98. The molecular weight excluding hydrogens is 198 g/mol. The number of nitrogens with two attached hydrogens (primary N) is 1. The minimum absolute atomic E-state index is 0.634. The van der Waals surface area contributed by atoms with E-state index in [2.05, 4.69) is 22.8 Å². The predicted octanol–water partition coefficient (Wildman–Crippen LogP) is 2.53. The standard InChI is InChI=1S/C13H23N3/c1-2-16-13(8-9-15-16)12-7-5-3-4-6-11(12)10-14/h8-9,11-12H,2-7,10,14H2,1H3. The fourth-order valence-electron chi connectivity index (χ4n) is 2.98. The van der Waals surface area contributed by atoms with Gasteiger partial charge in [0.2, 0.25) is 0 Å². The molecule has 3 heteroatoms. The maximum absolute atomic E-state index is 5.93. The Morgan fingerprint density at radius 3 is 2.94 bits per heavy atom. The van der Waals surface area contributed by atoms with Gasteiger partial charge in [0.05, 0.1) is 0 Å². The third-order valence-corrected chi connectivity index (χ3v) is 3.89. The van der Waals surface area contributed by atoms with Crippen molar-refractivity contribution >= 4 is 0 Å². The number of aromatic nitrogens is 2. The molecule has 1 aliphatic carbocycles. The van der Waals surface area contributed by atoms with Gasteiger partial charge in [-0.05, 0) is 38.3 Å². The lowest BCUT2D eigenvalue weighted by molar-refractivity contribution is 0.385. The zero-order chi connectivity index (χ0) is 11.4. The maximum Gasteiger partial charge on any atom is 0.0492 e. The van der Waals surface area contributed by atoms with Gasteiger partial charge in [0, 0.05) is 24.4 Å². The molecule has 16 heavy (non-hydrogen) atoms. The Labute approximate surface area is 98.0 Å². The van der Waals surface area contributed by atoms with Crippen LogP contribution in [0.15, 0.2) is 12.3 Å². The first-order valence-electron chi connectivity index (χ1n) is 6.58. The molecule has 2 rings (SSSR count). The zero-order valence-electron chi connectivity index (χ0n) is 10.2. The summed E-state index contributed by atoms with van der Waals surface area (Å²) in [4.78, 5) is 0. The highest BCUT2D eigenvalue weighted by Gasteiger charge is 2.26. The summed E-state index contributed by atoms with van der Waals surface area (Å²) in [5.41, 5.74) is 7.33. The van der Waals surface area contributed by atoms with E-state index in [1.165, 1.54) is 37.8 Å². The van der Waals surface area contributed by atoms with Gasteiger partial charge in [-0.3, -0.25) is 4.68 Å². The number of hydrogen-bond acceptors (Lipinski definition) is 2. The number of rotatable bonds is 3. The van der Waals surface area contributed by atoms with Gasteiger partial charge in [-0.2, -0.15) is 5.10 Å². The van der Waals surface area contributed by atoms with E-state index in [9.17, 15) is 0 Å². The van der Waals surface area contributed by atoms with Crippen LogP contribution in [0.1, 0.15) is 50.6 Å². The molecule has 90 valence electrons. The first kappa shape index (κ1) is 11.6. The molecule has 2 unspecified atom stereocenters. The van der Waals surface area contributed by atoms with Gasteiger partial charge < -0.3 is 5.73 Å². The van der Waals surface area contributed by atoms with E-state index < -0.39 is 0 Å². The molecule has 1 aromatic heterocycles. The van der Waals surface area contributed by atoms with Crippen molar-refractivity contribution < 1.29 is 0 Å². The van der Waals surface area contributed by atoms with Crippen LogP contribution in [0.3, 0.4) is 0 Å². The number of nitrogens with zero attached hydrogens (tertiary/aromatic N) is 2. The average Bonchev–Trinajstić information content (AvgIpc) is 2.66. The summed E-state index contributed by atoms with van der Waals surface area (Å²) < 4.78 is 2.14. The van der Waals surface area contributed by atoms with Gasteiger partial charge >= 0.3 is 0 Å². The highest BCUT2D eigenvalue weighted by Crippen LogP contribution is 2.35. The Morgan fingerprint density at radius 1 is 1.38 bits per heavy atom. The molecule has 0 spiro atoms. The second-order valence-corrected chi connectivity index (χ2v) is 4.81. The van der Waals surface area contributed by atoms with E-state index >= 15 is 0 Å². The van der Waals surface area contributed by atoms with Crippen molar-refractivity contribution in [1.29, 1.82) is 0 Å². The molecule has 2 N–H and O–H groups in total. The van der Waals surface area contributed by atoms with Gasteiger partial charge in [0.15, 0.2) is 0 Å². The first-order chi connectivity index (χ1) is 7.86. The van der Waals surface area contributed by atoms with E-state index in [4.69, 9.17) is 5.73 Å². The Balaban J connectivity index is 2.21. The van der Waals surface area contributed by atoms with E-state index in [0.717, 1.165) is 13.1 Å². The highest BCUT2D eigenvalue weighted by atomic mass is 15.3. The Kier molecular flexibility index (Phi) is 3.99. The second kappa shape index (κ2) is 5.48. The molecule has 1 saturated carbocycles. The molecule has 0 bridgehead atoms. The highest BCUT2D eigenvalue weighted by molar-refractivity contribution is 5.10. The zero-order valence-corrected chi connectivity index (χ0v) is 10.2. The molecule has 1 fully saturated rings. The lowest BCUT2D eigenvalue weighted by Crippen LogP contribution is -2.23. The molecule has 1 heterocycles. The van der Waals surface area contributed by atoms with Gasteiger partial charge in [-0.25, -0.2) is 0 Å². The molecular formula is C13H23N3. The Bertz CT molecular complexity index is 319. The monoisotopic (exact) mass is 221 g/mol. The molecule has 2 atom stereocenters. The van der Waals surface area contributed by atoms with Crippen LogP contribution in [0.5, 0.6) is 0 Å². The first-order valence-corrected chi connectivity index (χ1v) is 6.58. The van der Waals surface area contributed by atoms with Crippen molar-refractivity contribution in [3.05, 3.63) is 18.0 Å². The van der Waals surface area contributed by atoms with Crippen LogP contribution in [-0.2, 0) is 6.54 Å². The van der Waals surface area contributed by atoms with Crippen molar-refractivity contribution in [2.45, 2.75) is 51.5 Å². The van der Waals surface area contributed by atoms with Crippen LogP contribution in [0.4, 0.5) is 0 Å². The molecule has 0 amide bonds. The third-order valence-electron chi connectivity index (χ3n) is 3.89. The average molecular weight is 221 g/mol. The Hall–Kier alpha value is -0.830. The third kappa shape index (κ3) is 2.29. The van der Waals surface area contributed by atoms with E-state index in [-0.39, 0.29) is 0 Å². The molecule has 0 saturated heterocycles. The fraction of sp³-hybridized carbons (Fsp3) is 0.769. The quantitative estimate of drug-likeness (QED) is 0.797. The largest absolute Gasteiger partial charge is 0.330 e. The van der Waals surface area contributed by atoms with Crippen molar-refractivity contribution in [2.75, 3.05) is 6.54 Å². The number of aryl methyl sites for hydroxylation is 1. The van der Waals surface area contributed by atoms with Gasteiger partial charge in [-0.15, -0.1) is 0 Å². The summed E-state index contributed by atoms with van der Waals surface area (Å²) in [6.07, 6.45) is 8.56. The second-order valence-electron chi connectivity index (χ2n) is 4.81. The van der Waals surface area contributed by atoms with Crippen molar-refractivity contribution in [3.8, 4) is 0 Å². The maximum atomic E-state index is 5.93. The van der Waals surface area contributed by atoms with Gasteiger partial charge in [0.1, 0.15) is 0 Å². The van der Waals surface area contributed by atoms with Crippen molar-refractivity contribution in [1.82, 2.24) is 9.78 Å². The molecule has 1 aromatic rings. The predicted molar refractivity (Wildman–Crippen MR) is 66.3 cm³/mol. The summed E-state index contributed by atoms with van der Waals surface area (Å²) in [5, 5.41) is 4.39. The van der Waals surface area contributed by atoms with Crippen molar-refractivity contribution in [2.24, 2.45) is 11.7 Å². The SMILES string of the molecule is CCn1nccc1C1CCCCCC1CN. The van der Waals surface area contributed by atoms with Crippen LogP contribution >= 0.6 is 0 Å². The van der Waals surface area contributed by atoms with Gasteiger partial charge in [0.25, 0.3) is 0 Å². The minimum Gasteiger partial charge on any atom is -0.330 e. The summed E-state index contributed by atoms with van der Waals surface area (Å²) in [6, 6.07) is 2.18. The summed E-state index contributed by atoms with van der Waals surface area (Å²) in [7, 11) is 0. The molecule has 0 radical (unpaired) electrons. The molecule has 0 aromatic carbocycles. The van der Waals surface area contributed by atoms with Crippen LogP contribution < -0.4 is 5.73 Å². The van der Waals surface area contributed by atoms with E-state index in [1.807, 2.05) is 6.20 Å². The minimum atomic E-state index is 0.634. The summed E-state index contributed by atoms with van der Waals surface area (Å²) in [5.74, 6) is 1.29. The lowest BCUT2D eigenvalue weighted by Gasteiger charge is -2.24.